The molecule has 16 heteroatoms. The van der Waals surface area contributed by atoms with Crippen molar-refractivity contribution in [1.29, 1.82) is 0 Å². The van der Waals surface area contributed by atoms with Crippen LogP contribution < -0.4 is 29.6 Å². The number of amides is 2. The molecule has 1 aromatic heterocycles. The van der Waals surface area contributed by atoms with Gasteiger partial charge in [0, 0.05) is 37.2 Å². The van der Waals surface area contributed by atoms with E-state index >= 15 is 0 Å². The Morgan fingerprint density at radius 1 is 1.06 bits per heavy atom. The molecule has 2 heterocycles. The largest absolute Gasteiger partial charge is 0.619 e. The number of nitrogens with zero attached hydrogens (tertiary/aromatic N) is 2. The summed E-state index contributed by atoms with van der Waals surface area (Å²) in [5, 5.41) is 17.9. The Morgan fingerprint density at radius 2 is 1.76 bits per heavy atom. The van der Waals surface area contributed by atoms with E-state index in [1.54, 1.807) is 4.90 Å². The number of hydrogen-bond donors (Lipinski definition) is 2. The maximum Gasteiger partial charge on any atom is 0.387 e. The van der Waals surface area contributed by atoms with E-state index in [4.69, 9.17) is 37.4 Å². The van der Waals surface area contributed by atoms with Crippen molar-refractivity contribution < 1.29 is 46.8 Å². The summed E-state index contributed by atoms with van der Waals surface area (Å²) in [7, 11) is 1.39. The Hall–Kier alpha value is -4.40. The highest BCUT2D eigenvalue weighted by molar-refractivity contribution is 6.35. The van der Waals surface area contributed by atoms with E-state index in [1.807, 2.05) is 13.8 Å². The van der Waals surface area contributed by atoms with Crippen LogP contribution in [0.2, 0.25) is 10.0 Å². The number of rotatable bonds is 14. The summed E-state index contributed by atoms with van der Waals surface area (Å²) >= 11 is 12.7. The highest BCUT2D eigenvalue weighted by atomic mass is 35.5. The van der Waals surface area contributed by atoms with Gasteiger partial charge in [0.05, 0.1) is 25.0 Å². The van der Waals surface area contributed by atoms with Crippen LogP contribution in [-0.4, -0.2) is 68.2 Å². The molecule has 51 heavy (non-hydrogen) atoms. The van der Waals surface area contributed by atoms with Crippen LogP contribution in [0.15, 0.2) is 48.8 Å². The van der Waals surface area contributed by atoms with Gasteiger partial charge in [-0.25, -0.2) is 4.79 Å². The molecule has 3 atom stereocenters. The van der Waals surface area contributed by atoms with E-state index < -0.39 is 31.0 Å². The maximum atomic E-state index is 13.7. The number of carbonyl (C=O) groups is 3. The van der Waals surface area contributed by atoms with Gasteiger partial charge in [-0.2, -0.15) is 13.5 Å². The van der Waals surface area contributed by atoms with Gasteiger partial charge >= 0.3 is 12.6 Å². The standard InChI is InChI=1S/C35H38Cl2F2N4O8/c1-19-15-43(20(2)14-40-19)33(45)13-32(44)41-27-10-23(7-8-28(27)48-3)34(46)50-30(12-24-25(36)16-42(47)17-26(24)37)22-6-9-29(51-35(38)39)31(11-22)49-18-21-4-5-21/h6-11,16-17,19-21,30,35,40H,4-5,12-15,18H2,1-3H3,(H,41,44)/t19-,20+,30+/m1/s1. The molecule has 2 N–H and O–H groups in total. The molecule has 0 radical (unpaired) electrons. The molecule has 2 fully saturated rings. The van der Waals surface area contributed by atoms with Gasteiger partial charge in [0.15, 0.2) is 23.9 Å². The first kappa shape index (κ1) is 37.8. The number of esters is 1. The lowest BCUT2D eigenvalue weighted by Crippen LogP contribution is -2.56. The Bertz CT molecular complexity index is 1740. The van der Waals surface area contributed by atoms with Gasteiger partial charge in [-0.15, -0.1) is 0 Å². The third kappa shape index (κ3) is 10.1. The Labute approximate surface area is 303 Å². The normalized spacial score (nSPS) is 17.8. The number of benzene rings is 2. The Morgan fingerprint density at radius 3 is 2.43 bits per heavy atom. The molecule has 274 valence electrons. The van der Waals surface area contributed by atoms with E-state index in [2.05, 4.69) is 15.4 Å². The van der Waals surface area contributed by atoms with Crippen LogP contribution in [0, 0.1) is 11.1 Å². The number of pyridine rings is 1. The predicted octanol–water partition coefficient (Wildman–Crippen LogP) is 5.70. The first-order valence-corrected chi connectivity index (χ1v) is 17.1. The van der Waals surface area contributed by atoms with Crippen molar-refractivity contribution in [2.24, 2.45) is 5.92 Å². The monoisotopic (exact) mass is 750 g/mol. The average molecular weight is 752 g/mol. The van der Waals surface area contributed by atoms with Crippen LogP contribution in [-0.2, 0) is 20.7 Å². The quantitative estimate of drug-likeness (QED) is 0.0918. The van der Waals surface area contributed by atoms with Crippen LogP contribution in [0.3, 0.4) is 0 Å². The topological polar surface area (TPSA) is 142 Å². The highest BCUT2D eigenvalue weighted by Crippen LogP contribution is 2.38. The summed E-state index contributed by atoms with van der Waals surface area (Å²) in [5.74, 6) is -1.43. The molecular formula is C35H38Cl2F2N4O8. The fourth-order valence-electron chi connectivity index (χ4n) is 5.59. The molecular weight excluding hydrogens is 713 g/mol. The summed E-state index contributed by atoms with van der Waals surface area (Å²) in [4.78, 5) is 41.4. The van der Waals surface area contributed by atoms with E-state index in [-0.39, 0.29) is 75.1 Å². The van der Waals surface area contributed by atoms with Gasteiger partial charge in [0.2, 0.25) is 11.8 Å². The molecule has 2 aliphatic rings. The van der Waals surface area contributed by atoms with Crippen LogP contribution in [0.25, 0.3) is 0 Å². The van der Waals surface area contributed by atoms with Crippen LogP contribution >= 0.6 is 23.2 Å². The van der Waals surface area contributed by atoms with E-state index in [1.165, 1.54) is 43.5 Å². The summed E-state index contributed by atoms with van der Waals surface area (Å²) in [6.45, 7) is 2.10. The molecule has 1 saturated heterocycles. The third-order valence-corrected chi connectivity index (χ3v) is 9.18. The minimum atomic E-state index is -3.11. The number of ether oxygens (including phenoxy) is 4. The van der Waals surface area contributed by atoms with Crippen LogP contribution in [0.4, 0.5) is 14.5 Å². The van der Waals surface area contributed by atoms with E-state index in [0.29, 0.717) is 29.3 Å². The fraction of sp³-hybridized carbons (Fsp3) is 0.429. The lowest BCUT2D eigenvalue weighted by molar-refractivity contribution is -0.605. The predicted molar refractivity (Wildman–Crippen MR) is 183 cm³/mol. The molecule has 0 unspecified atom stereocenters. The number of halogens is 4. The summed E-state index contributed by atoms with van der Waals surface area (Å²) < 4.78 is 48.7. The van der Waals surface area contributed by atoms with Crippen molar-refractivity contribution in [2.45, 2.75) is 64.3 Å². The molecule has 0 spiro atoms. The van der Waals surface area contributed by atoms with Crippen molar-refractivity contribution in [3.63, 3.8) is 0 Å². The van der Waals surface area contributed by atoms with Gasteiger partial charge < -0.3 is 39.7 Å². The summed E-state index contributed by atoms with van der Waals surface area (Å²) in [6, 6.07) is 8.40. The zero-order valence-electron chi connectivity index (χ0n) is 28.1. The maximum absolute atomic E-state index is 13.7. The second-order valence-electron chi connectivity index (χ2n) is 12.6. The van der Waals surface area contributed by atoms with Gasteiger partial charge in [-0.1, -0.05) is 29.3 Å². The van der Waals surface area contributed by atoms with Crippen molar-refractivity contribution in [1.82, 2.24) is 10.2 Å². The third-order valence-electron chi connectivity index (χ3n) is 8.53. The smallest absolute Gasteiger partial charge is 0.387 e. The Kier molecular flexibility index (Phi) is 12.4. The lowest BCUT2D eigenvalue weighted by Gasteiger charge is -2.37. The van der Waals surface area contributed by atoms with Crippen molar-refractivity contribution >= 4 is 46.7 Å². The first-order chi connectivity index (χ1) is 24.3. The zero-order valence-corrected chi connectivity index (χ0v) is 29.6. The molecule has 1 saturated carbocycles. The molecule has 12 nitrogen and oxygen atoms in total. The van der Waals surface area contributed by atoms with E-state index in [9.17, 15) is 28.4 Å². The molecule has 0 bridgehead atoms. The van der Waals surface area contributed by atoms with Crippen molar-refractivity contribution in [3.8, 4) is 17.2 Å². The number of hydrogen-bond acceptors (Lipinski definition) is 9. The highest BCUT2D eigenvalue weighted by Gasteiger charge is 2.29. The van der Waals surface area contributed by atoms with Crippen LogP contribution in [0.1, 0.15) is 60.7 Å². The Balaban J connectivity index is 1.40. The van der Waals surface area contributed by atoms with Gasteiger partial charge in [0.1, 0.15) is 28.3 Å². The second-order valence-corrected chi connectivity index (χ2v) is 13.4. The minimum Gasteiger partial charge on any atom is -0.619 e. The molecule has 3 aromatic rings. The number of aromatic nitrogens is 1. The number of anilines is 1. The van der Waals surface area contributed by atoms with E-state index in [0.717, 1.165) is 25.2 Å². The van der Waals surface area contributed by atoms with Crippen molar-refractivity contribution in [3.05, 3.63) is 80.7 Å². The molecule has 1 aliphatic carbocycles. The summed E-state index contributed by atoms with van der Waals surface area (Å²) in [6.07, 6.45) is 2.42. The number of methoxy groups -OCH3 is 1. The van der Waals surface area contributed by atoms with Crippen LogP contribution in [0.5, 0.6) is 17.2 Å². The molecule has 1 aliphatic heterocycles. The average Bonchev–Trinajstić information content (AvgIpc) is 3.90. The van der Waals surface area contributed by atoms with Crippen molar-refractivity contribution in [2.75, 3.05) is 32.1 Å². The molecule has 2 amide bonds. The molecule has 2 aromatic carbocycles. The van der Waals surface area contributed by atoms with Gasteiger partial charge in [-0.3, -0.25) is 9.59 Å². The second kappa shape index (κ2) is 16.7. The lowest BCUT2D eigenvalue weighted by atomic mass is 10.0. The molecule has 5 rings (SSSR count). The SMILES string of the molecule is COc1ccc(C(=O)O[C@@H](Cc2c(Cl)c[n+]([O-])cc2Cl)c2ccc(OC(F)F)c(OCC3CC3)c2)cc1NC(=O)CC(=O)N1C[C@@H](C)NC[C@@H]1C. The van der Waals surface area contributed by atoms with Gasteiger partial charge in [0.25, 0.3) is 0 Å². The fourth-order valence-corrected chi connectivity index (χ4v) is 6.19. The number of piperazine rings is 1. The number of carbonyl (C=O) groups excluding carboxylic acids is 3. The number of alkyl halides is 2. The zero-order chi connectivity index (χ0) is 36.8. The summed E-state index contributed by atoms with van der Waals surface area (Å²) in [5.41, 5.74) is 0.759. The number of nitrogens with one attached hydrogen (secondary N) is 2. The van der Waals surface area contributed by atoms with Gasteiger partial charge in [-0.05, 0) is 68.5 Å². The first-order valence-electron chi connectivity index (χ1n) is 16.3. The minimum absolute atomic E-state index is 0.00932.